The number of ketones is 1. The van der Waals surface area contributed by atoms with Crippen LogP contribution in [0.4, 0.5) is 5.69 Å². The van der Waals surface area contributed by atoms with Gasteiger partial charge in [-0.2, -0.15) is 0 Å². The maximum atomic E-state index is 13.2. The summed E-state index contributed by atoms with van der Waals surface area (Å²) in [5, 5.41) is 11.3. The van der Waals surface area contributed by atoms with E-state index in [2.05, 4.69) is 0 Å². The lowest BCUT2D eigenvalue weighted by Crippen LogP contribution is -2.29. The second-order valence-corrected chi connectivity index (χ2v) is 7.58. The first-order valence-electron chi connectivity index (χ1n) is 10.8. The number of hydrogen-bond donors (Lipinski definition) is 1. The van der Waals surface area contributed by atoms with E-state index in [1.807, 2.05) is 13.0 Å². The predicted octanol–water partition coefficient (Wildman–Crippen LogP) is 4.73. The quantitative estimate of drug-likeness (QED) is 0.312. The summed E-state index contributed by atoms with van der Waals surface area (Å²) >= 11 is 0. The highest BCUT2D eigenvalue weighted by Crippen LogP contribution is 2.43. The number of anilines is 1. The molecule has 3 aromatic rings. The molecule has 0 spiro atoms. The topological polar surface area (TPSA) is 85.3 Å². The summed E-state index contributed by atoms with van der Waals surface area (Å²) in [7, 11) is 2.99. The van der Waals surface area contributed by atoms with Gasteiger partial charge in [-0.1, -0.05) is 30.3 Å². The minimum absolute atomic E-state index is 0.00904. The van der Waals surface area contributed by atoms with Crippen molar-refractivity contribution in [2.75, 3.05) is 25.7 Å². The Hall–Kier alpha value is -4.26. The van der Waals surface area contributed by atoms with E-state index in [1.54, 1.807) is 66.7 Å². The van der Waals surface area contributed by atoms with Crippen LogP contribution in [0.15, 0.2) is 78.4 Å². The maximum Gasteiger partial charge on any atom is 0.300 e. The van der Waals surface area contributed by atoms with Gasteiger partial charge >= 0.3 is 0 Å². The lowest BCUT2D eigenvalue weighted by Gasteiger charge is -2.25. The Bertz CT molecular complexity index is 1230. The largest absolute Gasteiger partial charge is 0.507 e. The zero-order valence-corrected chi connectivity index (χ0v) is 19.1. The van der Waals surface area contributed by atoms with Crippen LogP contribution in [-0.4, -0.2) is 37.6 Å². The minimum atomic E-state index is -0.828. The van der Waals surface area contributed by atoms with Gasteiger partial charge in [0.05, 0.1) is 32.4 Å². The molecule has 3 aromatic carbocycles. The van der Waals surface area contributed by atoms with Crippen molar-refractivity contribution in [1.29, 1.82) is 0 Å². The normalized spacial score (nSPS) is 17.0. The van der Waals surface area contributed by atoms with Crippen molar-refractivity contribution in [2.24, 2.45) is 0 Å². The van der Waals surface area contributed by atoms with Gasteiger partial charge in [0, 0.05) is 11.3 Å². The summed E-state index contributed by atoms with van der Waals surface area (Å²) < 4.78 is 16.1. The highest BCUT2D eigenvalue weighted by Gasteiger charge is 2.47. The van der Waals surface area contributed by atoms with Gasteiger partial charge in [0.15, 0.2) is 11.5 Å². The molecule has 1 amide bonds. The van der Waals surface area contributed by atoms with Crippen LogP contribution in [0.1, 0.15) is 24.1 Å². The number of aliphatic hydroxyl groups is 1. The molecule has 0 saturated carbocycles. The fourth-order valence-electron chi connectivity index (χ4n) is 4.05. The number of ether oxygens (including phenoxy) is 3. The van der Waals surface area contributed by atoms with E-state index in [0.29, 0.717) is 40.7 Å². The molecule has 0 aromatic heterocycles. The van der Waals surface area contributed by atoms with Gasteiger partial charge in [0.2, 0.25) is 0 Å². The fraction of sp³-hybridized carbons (Fsp3) is 0.185. The molecule has 1 fully saturated rings. The van der Waals surface area contributed by atoms with Gasteiger partial charge in [0.1, 0.15) is 11.5 Å². The Balaban J connectivity index is 1.90. The second kappa shape index (κ2) is 9.70. The summed E-state index contributed by atoms with van der Waals surface area (Å²) in [6.45, 7) is 2.41. The zero-order chi connectivity index (χ0) is 24.2. The van der Waals surface area contributed by atoms with Crippen LogP contribution in [0.25, 0.3) is 5.76 Å². The number of hydrogen-bond acceptors (Lipinski definition) is 6. The molecule has 7 heteroatoms. The van der Waals surface area contributed by atoms with E-state index in [9.17, 15) is 14.7 Å². The monoisotopic (exact) mass is 459 g/mol. The first-order valence-corrected chi connectivity index (χ1v) is 10.8. The third-order valence-corrected chi connectivity index (χ3v) is 5.64. The Morgan fingerprint density at radius 1 is 0.912 bits per heavy atom. The summed E-state index contributed by atoms with van der Waals surface area (Å²) in [6.07, 6.45) is 0. The fourth-order valence-corrected chi connectivity index (χ4v) is 4.05. The van der Waals surface area contributed by atoms with Gasteiger partial charge in [0.25, 0.3) is 11.7 Å². The van der Waals surface area contributed by atoms with Crippen molar-refractivity contribution in [3.05, 3.63) is 89.5 Å². The van der Waals surface area contributed by atoms with Crippen LogP contribution in [0.5, 0.6) is 17.2 Å². The number of para-hydroxylation sites is 1. The summed E-state index contributed by atoms with van der Waals surface area (Å²) in [6, 6.07) is 20.0. The second-order valence-electron chi connectivity index (χ2n) is 7.58. The lowest BCUT2D eigenvalue weighted by molar-refractivity contribution is -0.132. The van der Waals surface area contributed by atoms with Crippen molar-refractivity contribution in [1.82, 2.24) is 0 Å². The Kier molecular flexibility index (Phi) is 6.54. The molecule has 0 bridgehead atoms. The van der Waals surface area contributed by atoms with Crippen LogP contribution in [-0.2, 0) is 9.59 Å². The number of methoxy groups -OCH3 is 2. The molecule has 1 aliphatic rings. The smallest absolute Gasteiger partial charge is 0.300 e. The van der Waals surface area contributed by atoms with Crippen molar-refractivity contribution >= 4 is 23.1 Å². The van der Waals surface area contributed by atoms with E-state index in [1.165, 1.54) is 19.1 Å². The first kappa shape index (κ1) is 22.9. The van der Waals surface area contributed by atoms with E-state index < -0.39 is 17.7 Å². The Morgan fingerprint density at radius 3 is 2.21 bits per heavy atom. The van der Waals surface area contributed by atoms with Gasteiger partial charge in [-0.25, -0.2) is 0 Å². The van der Waals surface area contributed by atoms with Crippen LogP contribution in [0.3, 0.4) is 0 Å². The number of Topliss-reactive ketones (excluding diaryl/α,β-unsaturated/α-hetero) is 1. The standard InChI is InChI=1S/C27H25NO6/c1-4-34-20-13-10-17(11-14-20)24-23(25(29)18-12-15-21(32-2)22(16-18)33-3)26(30)27(31)28(24)19-8-6-5-7-9-19/h5-16,24,29H,4H2,1-3H3/b25-23-. The predicted molar refractivity (Wildman–Crippen MR) is 128 cm³/mol. The molecule has 1 aliphatic heterocycles. The Morgan fingerprint density at radius 2 is 1.59 bits per heavy atom. The average molecular weight is 459 g/mol. The van der Waals surface area contributed by atoms with Crippen molar-refractivity contribution in [3.8, 4) is 17.2 Å². The number of carbonyl (C=O) groups excluding carboxylic acids is 2. The number of nitrogens with zero attached hydrogens (tertiary/aromatic N) is 1. The molecular weight excluding hydrogens is 434 g/mol. The van der Waals surface area contributed by atoms with Gasteiger partial charge in [-0.3, -0.25) is 14.5 Å². The molecule has 1 N–H and O–H groups in total. The summed E-state index contributed by atoms with van der Waals surface area (Å²) in [5.41, 5.74) is 1.54. The zero-order valence-electron chi connectivity index (χ0n) is 19.1. The van der Waals surface area contributed by atoms with E-state index in [-0.39, 0.29) is 11.3 Å². The number of amides is 1. The highest BCUT2D eigenvalue weighted by molar-refractivity contribution is 6.51. The van der Waals surface area contributed by atoms with Crippen LogP contribution < -0.4 is 19.1 Å². The van der Waals surface area contributed by atoms with E-state index >= 15 is 0 Å². The Labute approximate surface area is 197 Å². The maximum absolute atomic E-state index is 13.2. The van der Waals surface area contributed by atoms with Crippen LogP contribution in [0.2, 0.25) is 0 Å². The molecular formula is C27H25NO6. The molecule has 1 unspecified atom stereocenters. The number of carbonyl (C=O) groups is 2. The molecule has 0 radical (unpaired) electrons. The van der Waals surface area contributed by atoms with Crippen molar-refractivity contribution in [2.45, 2.75) is 13.0 Å². The minimum Gasteiger partial charge on any atom is -0.507 e. The molecule has 34 heavy (non-hydrogen) atoms. The number of aliphatic hydroxyl groups excluding tert-OH is 1. The number of rotatable bonds is 7. The van der Waals surface area contributed by atoms with Gasteiger partial charge in [-0.05, 0) is 55.0 Å². The molecule has 1 saturated heterocycles. The number of benzene rings is 3. The molecule has 1 atom stereocenters. The van der Waals surface area contributed by atoms with Crippen LogP contribution in [0, 0.1) is 0 Å². The van der Waals surface area contributed by atoms with Crippen molar-refractivity contribution < 1.29 is 28.9 Å². The summed E-state index contributed by atoms with van der Waals surface area (Å²) in [5.74, 6) is -0.241. The molecule has 1 heterocycles. The molecule has 7 nitrogen and oxygen atoms in total. The van der Waals surface area contributed by atoms with Gasteiger partial charge in [-0.15, -0.1) is 0 Å². The van der Waals surface area contributed by atoms with E-state index in [0.717, 1.165) is 0 Å². The molecule has 174 valence electrons. The van der Waals surface area contributed by atoms with Gasteiger partial charge < -0.3 is 19.3 Å². The van der Waals surface area contributed by atoms with E-state index in [4.69, 9.17) is 14.2 Å². The lowest BCUT2D eigenvalue weighted by atomic mass is 9.95. The SMILES string of the molecule is CCOc1ccc(C2/C(=C(/O)c3ccc(OC)c(OC)c3)C(=O)C(=O)N2c2ccccc2)cc1. The van der Waals surface area contributed by atoms with Crippen LogP contribution >= 0.6 is 0 Å². The third-order valence-electron chi connectivity index (χ3n) is 5.64. The third kappa shape index (κ3) is 4.08. The molecule has 0 aliphatic carbocycles. The first-order chi connectivity index (χ1) is 16.5. The average Bonchev–Trinajstić information content (AvgIpc) is 3.14. The van der Waals surface area contributed by atoms with Crippen molar-refractivity contribution in [3.63, 3.8) is 0 Å². The summed E-state index contributed by atoms with van der Waals surface area (Å²) in [4.78, 5) is 27.8. The highest BCUT2D eigenvalue weighted by atomic mass is 16.5. The molecule has 4 rings (SSSR count).